The van der Waals surface area contributed by atoms with E-state index in [4.69, 9.17) is 4.74 Å². The molecule has 8 heteroatoms. The Morgan fingerprint density at radius 1 is 1.20 bits per heavy atom. The van der Waals surface area contributed by atoms with E-state index in [1.54, 1.807) is 35.1 Å². The molecule has 0 spiro atoms. The summed E-state index contributed by atoms with van der Waals surface area (Å²) in [6.45, 7) is 4.73. The molecule has 1 saturated carbocycles. The van der Waals surface area contributed by atoms with Crippen molar-refractivity contribution in [3.05, 3.63) is 60.2 Å². The molecule has 1 aliphatic carbocycles. The standard InChI is InChI=1S/C22H25N5O3/c1-22(2)14(13-24-21(29)19-17(30-3)7-4-9-23-19)12-18(22)26-20(28)15-6-5-11-27-16(15)8-10-25-27/h4-11,14,18H,12-13H2,1-3H3,(H,24,29)(H,26,28). The van der Waals surface area contributed by atoms with Gasteiger partial charge >= 0.3 is 0 Å². The summed E-state index contributed by atoms with van der Waals surface area (Å²) in [5.41, 5.74) is 1.50. The molecule has 4 rings (SSSR count). The van der Waals surface area contributed by atoms with E-state index in [0.29, 0.717) is 17.9 Å². The number of carbonyl (C=O) groups excluding carboxylic acids is 2. The molecule has 3 heterocycles. The van der Waals surface area contributed by atoms with Crippen LogP contribution in [0, 0.1) is 11.3 Å². The second-order valence-electron chi connectivity index (χ2n) is 8.13. The fraction of sp³-hybridized carbons (Fsp3) is 0.364. The molecule has 30 heavy (non-hydrogen) atoms. The van der Waals surface area contributed by atoms with E-state index in [9.17, 15) is 9.59 Å². The van der Waals surface area contributed by atoms with E-state index in [2.05, 4.69) is 34.6 Å². The van der Waals surface area contributed by atoms with Crippen LogP contribution in [0.3, 0.4) is 0 Å². The normalized spacial score (nSPS) is 19.7. The Bertz CT molecular complexity index is 1090. The number of carbonyl (C=O) groups is 2. The molecule has 156 valence electrons. The number of aromatic nitrogens is 3. The van der Waals surface area contributed by atoms with Gasteiger partial charge in [0.05, 0.1) is 24.4 Å². The minimum absolute atomic E-state index is 0.0273. The third-order valence-corrected chi connectivity index (χ3v) is 6.17. The van der Waals surface area contributed by atoms with Gasteiger partial charge in [-0.1, -0.05) is 13.8 Å². The molecule has 0 aromatic carbocycles. The SMILES string of the molecule is COc1cccnc1C(=O)NCC1CC(NC(=O)c2cccn3nccc23)C1(C)C. The molecule has 2 amide bonds. The monoisotopic (exact) mass is 407 g/mol. The topological polar surface area (TPSA) is 97.6 Å². The first-order valence-corrected chi connectivity index (χ1v) is 9.92. The van der Waals surface area contributed by atoms with Gasteiger partial charge in [-0.15, -0.1) is 0 Å². The molecule has 2 unspecified atom stereocenters. The summed E-state index contributed by atoms with van der Waals surface area (Å²) >= 11 is 0. The summed E-state index contributed by atoms with van der Waals surface area (Å²) in [5, 5.41) is 10.3. The Balaban J connectivity index is 1.36. The molecule has 1 aliphatic rings. The van der Waals surface area contributed by atoms with Crippen molar-refractivity contribution < 1.29 is 14.3 Å². The highest BCUT2D eigenvalue weighted by Crippen LogP contribution is 2.46. The van der Waals surface area contributed by atoms with Crippen LogP contribution in [0.2, 0.25) is 0 Å². The first kappa shape index (κ1) is 19.9. The highest BCUT2D eigenvalue weighted by Gasteiger charge is 2.48. The van der Waals surface area contributed by atoms with Gasteiger partial charge in [0.15, 0.2) is 5.69 Å². The molecule has 1 fully saturated rings. The average molecular weight is 407 g/mol. The molecule has 0 bridgehead atoms. The van der Waals surface area contributed by atoms with E-state index >= 15 is 0 Å². The summed E-state index contributed by atoms with van der Waals surface area (Å²) in [7, 11) is 1.51. The second kappa shape index (κ2) is 7.78. The zero-order chi connectivity index (χ0) is 21.3. The van der Waals surface area contributed by atoms with Crippen LogP contribution in [0.15, 0.2) is 48.9 Å². The minimum atomic E-state index is -0.261. The summed E-state index contributed by atoms with van der Waals surface area (Å²) in [5.74, 6) is 0.317. The Morgan fingerprint density at radius 3 is 2.80 bits per heavy atom. The van der Waals surface area contributed by atoms with Gasteiger partial charge in [-0.2, -0.15) is 5.10 Å². The van der Waals surface area contributed by atoms with Crippen molar-refractivity contribution in [3.63, 3.8) is 0 Å². The van der Waals surface area contributed by atoms with Gasteiger partial charge in [-0.3, -0.25) is 9.59 Å². The summed E-state index contributed by atoms with van der Waals surface area (Å²) < 4.78 is 6.89. The van der Waals surface area contributed by atoms with Gasteiger partial charge in [-0.25, -0.2) is 9.50 Å². The Kier molecular flexibility index (Phi) is 5.15. The van der Waals surface area contributed by atoms with E-state index in [1.165, 1.54) is 7.11 Å². The lowest BCUT2D eigenvalue weighted by molar-refractivity contribution is 0.0150. The van der Waals surface area contributed by atoms with Crippen LogP contribution in [0.1, 0.15) is 41.1 Å². The maximum atomic E-state index is 12.8. The van der Waals surface area contributed by atoms with Crippen molar-refractivity contribution in [2.24, 2.45) is 11.3 Å². The van der Waals surface area contributed by atoms with E-state index in [-0.39, 0.29) is 34.9 Å². The molecule has 2 atom stereocenters. The highest BCUT2D eigenvalue weighted by atomic mass is 16.5. The number of rotatable bonds is 6. The van der Waals surface area contributed by atoms with E-state index in [1.807, 2.05) is 18.3 Å². The predicted molar refractivity (Wildman–Crippen MR) is 111 cm³/mol. The number of methoxy groups -OCH3 is 1. The number of ether oxygens (including phenoxy) is 1. The van der Waals surface area contributed by atoms with Crippen molar-refractivity contribution in [1.82, 2.24) is 25.2 Å². The van der Waals surface area contributed by atoms with Crippen LogP contribution in [0.5, 0.6) is 5.75 Å². The number of nitrogens with zero attached hydrogens (tertiary/aromatic N) is 3. The van der Waals surface area contributed by atoms with Crippen LogP contribution >= 0.6 is 0 Å². The molecule has 3 aromatic heterocycles. The Hall–Kier alpha value is -3.42. The van der Waals surface area contributed by atoms with Gasteiger partial charge < -0.3 is 15.4 Å². The third kappa shape index (κ3) is 3.49. The highest BCUT2D eigenvalue weighted by molar-refractivity contribution is 6.00. The molecule has 0 aliphatic heterocycles. The predicted octanol–water partition coefficient (Wildman–Crippen LogP) is 2.31. The average Bonchev–Trinajstić information content (AvgIpc) is 3.24. The summed E-state index contributed by atoms with van der Waals surface area (Å²) in [4.78, 5) is 29.4. The lowest BCUT2D eigenvalue weighted by Crippen LogP contribution is -2.60. The van der Waals surface area contributed by atoms with Crippen LogP contribution in [0.4, 0.5) is 0 Å². The van der Waals surface area contributed by atoms with Crippen molar-refractivity contribution >= 4 is 17.3 Å². The van der Waals surface area contributed by atoms with Crippen molar-refractivity contribution in [1.29, 1.82) is 0 Å². The number of fused-ring (bicyclic) bond motifs is 1. The van der Waals surface area contributed by atoms with Gasteiger partial charge in [0, 0.05) is 25.0 Å². The van der Waals surface area contributed by atoms with Crippen LogP contribution in [-0.2, 0) is 0 Å². The number of hydrogen-bond donors (Lipinski definition) is 2. The lowest BCUT2D eigenvalue weighted by Gasteiger charge is -2.52. The lowest BCUT2D eigenvalue weighted by atomic mass is 9.58. The summed E-state index contributed by atoms with van der Waals surface area (Å²) in [6, 6.07) is 8.90. The Morgan fingerprint density at radius 2 is 2.03 bits per heavy atom. The molecule has 0 saturated heterocycles. The number of pyridine rings is 2. The second-order valence-corrected chi connectivity index (χ2v) is 8.13. The van der Waals surface area contributed by atoms with Crippen LogP contribution < -0.4 is 15.4 Å². The maximum absolute atomic E-state index is 12.8. The summed E-state index contributed by atoms with van der Waals surface area (Å²) in [6.07, 6.45) is 5.85. The molecule has 8 nitrogen and oxygen atoms in total. The maximum Gasteiger partial charge on any atom is 0.273 e. The fourth-order valence-corrected chi connectivity index (χ4v) is 4.01. The largest absolute Gasteiger partial charge is 0.494 e. The number of hydrogen-bond acceptors (Lipinski definition) is 5. The molecule has 2 N–H and O–H groups in total. The molecular weight excluding hydrogens is 382 g/mol. The smallest absolute Gasteiger partial charge is 0.273 e. The van der Waals surface area contributed by atoms with Crippen molar-refractivity contribution in [2.75, 3.05) is 13.7 Å². The zero-order valence-corrected chi connectivity index (χ0v) is 17.3. The van der Waals surface area contributed by atoms with Crippen LogP contribution in [0.25, 0.3) is 5.52 Å². The van der Waals surface area contributed by atoms with Gasteiger partial charge in [0.25, 0.3) is 11.8 Å². The quantitative estimate of drug-likeness (QED) is 0.654. The van der Waals surface area contributed by atoms with Crippen molar-refractivity contribution in [2.45, 2.75) is 26.3 Å². The molecular formula is C22H25N5O3. The van der Waals surface area contributed by atoms with Gasteiger partial charge in [-0.05, 0) is 48.1 Å². The number of nitrogens with one attached hydrogen (secondary N) is 2. The molecule has 3 aromatic rings. The number of amides is 2. The van der Waals surface area contributed by atoms with E-state index < -0.39 is 0 Å². The van der Waals surface area contributed by atoms with Gasteiger partial charge in [0.2, 0.25) is 0 Å². The van der Waals surface area contributed by atoms with Gasteiger partial charge in [0.1, 0.15) is 5.75 Å². The minimum Gasteiger partial charge on any atom is -0.494 e. The fourth-order valence-electron chi connectivity index (χ4n) is 4.01. The first-order chi connectivity index (χ1) is 14.4. The van der Waals surface area contributed by atoms with E-state index in [0.717, 1.165) is 11.9 Å². The zero-order valence-electron chi connectivity index (χ0n) is 17.3. The van der Waals surface area contributed by atoms with Crippen molar-refractivity contribution in [3.8, 4) is 5.75 Å². The first-order valence-electron chi connectivity index (χ1n) is 9.92. The Labute approximate surface area is 174 Å². The molecule has 0 radical (unpaired) electrons. The van der Waals surface area contributed by atoms with Crippen LogP contribution in [-0.4, -0.2) is 46.1 Å². The third-order valence-electron chi connectivity index (χ3n) is 6.17.